The second-order valence-corrected chi connectivity index (χ2v) is 4.36. The largest absolute Gasteiger partial charge is 0.381 e. The fraction of sp³-hybridized carbons (Fsp3) is 0.750. The molecular weight excluding hydrogens is 202 g/mol. The third-order valence-electron chi connectivity index (χ3n) is 3.34. The standard InChI is InChI=1S/C12H21N3O/c1-3-13-12(10-5-8-16-9-6-10)11-4-7-14-15(11)2/h4,7,10,12-13H,3,5-6,8-9H2,1-2H3. The van der Waals surface area contributed by atoms with Crippen LogP contribution in [0.4, 0.5) is 0 Å². The zero-order valence-corrected chi connectivity index (χ0v) is 10.1. The molecule has 16 heavy (non-hydrogen) atoms. The summed E-state index contributed by atoms with van der Waals surface area (Å²) in [6, 6.07) is 2.53. The van der Waals surface area contributed by atoms with E-state index in [0.717, 1.165) is 32.6 Å². The molecule has 1 fully saturated rings. The first-order valence-corrected chi connectivity index (χ1v) is 6.12. The third-order valence-corrected chi connectivity index (χ3v) is 3.34. The third kappa shape index (κ3) is 2.44. The van der Waals surface area contributed by atoms with Crippen LogP contribution in [0.25, 0.3) is 0 Å². The molecule has 0 amide bonds. The number of aryl methyl sites for hydroxylation is 1. The Hall–Kier alpha value is -0.870. The topological polar surface area (TPSA) is 39.1 Å². The van der Waals surface area contributed by atoms with Crippen molar-refractivity contribution in [3.8, 4) is 0 Å². The van der Waals surface area contributed by atoms with Crippen LogP contribution >= 0.6 is 0 Å². The lowest BCUT2D eigenvalue weighted by Gasteiger charge is -2.30. The number of hydrogen-bond acceptors (Lipinski definition) is 3. The number of nitrogens with zero attached hydrogens (tertiary/aromatic N) is 2. The summed E-state index contributed by atoms with van der Waals surface area (Å²) in [6.45, 7) is 4.94. The summed E-state index contributed by atoms with van der Waals surface area (Å²) < 4.78 is 7.40. The number of nitrogens with one attached hydrogen (secondary N) is 1. The molecule has 1 unspecified atom stereocenters. The molecule has 1 aliphatic rings. The minimum atomic E-state index is 0.418. The highest BCUT2D eigenvalue weighted by atomic mass is 16.5. The van der Waals surface area contributed by atoms with Crippen LogP contribution < -0.4 is 5.32 Å². The second-order valence-electron chi connectivity index (χ2n) is 4.36. The van der Waals surface area contributed by atoms with E-state index in [1.54, 1.807) is 0 Å². The van der Waals surface area contributed by atoms with E-state index in [-0.39, 0.29) is 0 Å². The Bertz CT molecular complexity index is 318. The Morgan fingerprint density at radius 2 is 2.31 bits per heavy atom. The molecule has 2 heterocycles. The van der Waals surface area contributed by atoms with Crippen LogP contribution in [0.2, 0.25) is 0 Å². The van der Waals surface area contributed by atoms with Crippen molar-refractivity contribution in [3.05, 3.63) is 18.0 Å². The molecule has 0 aliphatic carbocycles. The summed E-state index contributed by atoms with van der Waals surface area (Å²) in [4.78, 5) is 0. The number of ether oxygens (including phenoxy) is 1. The normalized spacial score (nSPS) is 19.9. The molecule has 0 saturated carbocycles. The van der Waals surface area contributed by atoms with Crippen LogP contribution in [-0.4, -0.2) is 29.5 Å². The molecule has 2 rings (SSSR count). The maximum atomic E-state index is 5.43. The van der Waals surface area contributed by atoms with Crippen molar-refractivity contribution in [2.75, 3.05) is 19.8 Å². The molecule has 0 spiro atoms. The maximum absolute atomic E-state index is 5.43. The van der Waals surface area contributed by atoms with Gasteiger partial charge < -0.3 is 10.1 Å². The van der Waals surface area contributed by atoms with Crippen molar-refractivity contribution in [1.29, 1.82) is 0 Å². The van der Waals surface area contributed by atoms with Gasteiger partial charge in [-0.2, -0.15) is 5.10 Å². The molecule has 0 bridgehead atoms. The maximum Gasteiger partial charge on any atom is 0.0553 e. The quantitative estimate of drug-likeness (QED) is 0.840. The van der Waals surface area contributed by atoms with Crippen molar-refractivity contribution in [2.24, 2.45) is 13.0 Å². The van der Waals surface area contributed by atoms with Gasteiger partial charge in [0, 0.05) is 26.5 Å². The van der Waals surface area contributed by atoms with E-state index in [1.807, 2.05) is 17.9 Å². The molecule has 1 aliphatic heterocycles. The highest BCUT2D eigenvalue weighted by Crippen LogP contribution is 2.29. The summed E-state index contributed by atoms with van der Waals surface area (Å²) in [5, 5.41) is 7.84. The van der Waals surface area contributed by atoms with Crippen LogP contribution in [0.1, 0.15) is 31.5 Å². The van der Waals surface area contributed by atoms with Gasteiger partial charge in [-0.05, 0) is 31.4 Å². The Kier molecular flexibility index (Phi) is 3.96. The zero-order valence-electron chi connectivity index (χ0n) is 10.1. The van der Waals surface area contributed by atoms with Crippen LogP contribution in [0.3, 0.4) is 0 Å². The van der Waals surface area contributed by atoms with E-state index in [1.165, 1.54) is 5.69 Å². The molecule has 1 N–H and O–H groups in total. The fourth-order valence-corrected chi connectivity index (χ4v) is 2.47. The minimum absolute atomic E-state index is 0.418. The van der Waals surface area contributed by atoms with Crippen molar-refractivity contribution in [2.45, 2.75) is 25.8 Å². The highest BCUT2D eigenvalue weighted by Gasteiger charge is 2.26. The number of aromatic nitrogens is 2. The first-order valence-electron chi connectivity index (χ1n) is 6.12. The average molecular weight is 223 g/mol. The predicted octanol–water partition coefficient (Wildman–Crippen LogP) is 1.50. The number of rotatable bonds is 4. The summed E-state index contributed by atoms with van der Waals surface area (Å²) in [5.74, 6) is 0.670. The van der Waals surface area contributed by atoms with Gasteiger partial charge in [-0.25, -0.2) is 0 Å². The van der Waals surface area contributed by atoms with Gasteiger partial charge in [-0.3, -0.25) is 4.68 Å². The Labute approximate surface area is 97.0 Å². The first kappa shape index (κ1) is 11.6. The highest BCUT2D eigenvalue weighted by molar-refractivity contribution is 5.08. The Morgan fingerprint density at radius 3 is 2.88 bits per heavy atom. The van der Waals surface area contributed by atoms with E-state index in [2.05, 4.69) is 23.4 Å². The smallest absolute Gasteiger partial charge is 0.0553 e. The molecule has 1 aromatic heterocycles. The lowest BCUT2D eigenvalue weighted by atomic mass is 9.89. The van der Waals surface area contributed by atoms with Gasteiger partial charge in [0.2, 0.25) is 0 Å². The molecule has 1 saturated heterocycles. The summed E-state index contributed by atoms with van der Waals surface area (Å²) in [5.41, 5.74) is 1.29. The van der Waals surface area contributed by atoms with Gasteiger partial charge in [-0.1, -0.05) is 6.92 Å². The average Bonchev–Trinajstić information content (AvgIpc) is 2.73. The lowest BCUT2D eigenvalue weighted by molar-refractivity contribution is 0.0528. The van der Waals surface area contributed by atoms with E-state index in [9.17, 15) is 0 Å². The second kappa shape index (κ2) is 5.46. The first-order chi connectivity index (χ1) is 7.83. The van der Waals surface area contributed by atoms with Crippen LogP contribution in [0.5, 0.6) is 0 Å². The van der Waals surface area contributed by atoms with E-state index < -0.39 is 0 Å². The Morgan fingerprint density at radius 1 is 1.56 bits per heavy atom. The predicted molar refractivity (Wildman–Crippen MR) is 63.2 cm³/mol. The van der Waals surface area contributed by atoms with Gasteiger partial charge >= 0.3 is 0 Å². The molecular formula is C12H21N3O. The Balaban J connectivity index is 2.12. The molecule has 0 radical (unpaired) electrons. The van der Waals surface area contributed by atoms with Gasteiger partial charge in [0.25, 0.3) is 0 Å². The molecule has 4 nitrogen and oxygen atoms in total. The van der Waals surface area contributed by atoms with Crippen LogP contribution in [-0.2, 0) is 11.8 Å². The van der Waals surface area contributed by atoms with Gasteiger partial charge in [0.1, 0.15) is 0 Å². The van der Waals surface area contributed by atoms with Crippen molar-refractivity contribution in [3.63, 3.8) is 0 Å². The van der Waals surface area contributed by atoms with Crippen LogP contribution in [0.15, 0.2) is 12.3 Å². The van der Waals surface area contributed by atoms with Gasteiger partial charge in [0.15, 0.2) is 0 Å². The summed E-state index contributed by atoms with van der Waals surface area (Å²) >= 11 is 0. The SMILES string of the molecule is CCNC(c1ccnn1C)C1CCOCC1. The van der Waals surface area contributed by atoms with Gasteiger partial charge in [0.05, 0.1) is 11.7 Å². The van der Waals surface area contributed by atoms with E-state index in [0.29, 0.717) is 12.0 Å². The van der Waals surface area contributed by atoms with Crippen molar-refractivity contribution >= 4 is 0 Å². The van der Waals surface area contributed by atoms with E-state index >= 15 is 0 Å². The zero-order chi connectivity index (χ0) is 11.4. The lowest BCUT2D eigenvalue weighted by Crippen LogP contribution is -2.33. The molecule has 90 valence electrons. The van der Waals surface area contributed by atoms with Gasteiger partial charge in [-0.15, -0.1) is 0 Å². The molecule has 0 aromatic carbocycles. The molecule has 1 atom stereocenters. The van der Waals surface area contributed by atoms with Crippen molar-refractivity contribution < 1.29 is 4.74 Å². The summed E-state index contributed by atoms with van der Waals surface area (Å²) in [6.07, 6.45) is 4.16. The van der Waals surface area contributed by atoms with E-state index in [4.69, 9.17) is 4.74 Å². The molecule has 1 aromatic rings. The summed E-state index contributed by atoms with van der Waals surface area (Å²) in [7, 11) is 2.01. The monoisotopic (exact) mass is 223 g/mol. The minimum Gasteiger partial charge on any atom is -0.381 e. The number of hydrogen-bond donors (Lipinski definition) is 1. The molecule has 4 heteroatoms. The van der Waals surface area contributed by atoms with Crippen LogP contribution in [0, 0.1) is 5.92 Å². The van der Waals surface area contributed by atoms with Crippen molar-refractivity contribution in [1.82, 2.24) is 15.1 Å². The fourth-order valence-electron chi connectivity index (χ4n) is 2.47.